The summed E-state index contributed by atoms with van der Waals surface area (Å²) in [5, 5.41) is 11.5. The number of hydrogen-bond acceptors (Lipinski definition) is 1. The zero-order valence-corrected chi connectivity index (χ0v) is 17.9. The summed E-state index contributed by atoms with van der Waals surface area (Å²) in [4.78, 5) is 15.7. The van der Waals surface area contributed by atoms with E-state index in [4.69, 9.17) is 0 Å². The number of aliphatic hydroxyl groups excluding tert-OH is 1. The van der Waals surface area contributed by atoms with Gasteiger partial charge in [-0.05, 0) is 62.5 Å². The number of amides is 1. The van der Waals surface area contributed by atoms with Gasteiger partial charge in [0.2, 0.25) is 11.6 Å². The van der Waals surface area contributed by atoms with Gasteiger partial charge >= 0.3 is 5.90 Å². The number of para-hydroxylation sites is 2. The lowest BCUT2D eigenvalue weighted by Gasteiger charge is -2.59. The van der Waals surface area contributed by atoms with E-state index in [0.717, 1.165) is 43.5 Å². The highest BCUT2D eigenvalue weighted by Gasteiger charge is 2.65. The average molecular weight is 404 g/mol. The van der Waals surface area contributed by atoms with Crippen molar-refractivity contribution in [2.45, 2.75) is 38.5 Å². The summed E-state index contributed by atoms with van der Waals surface area (Å²) in [7, 11) is 3.86. The second kappa shape index (κ2) is 6.97. The van der Waals surface area contributed by atoms with Crippen molar-refractivity contribution in [2.75, 3.05) is 19.0 Å². The van der Waals surface area contributed by atoms with E-state index in [9.17, 15) is 9.90 Å². The van der Waals surface area contributed by atoms with E-state index in [0.29, 0.717) is 17.7 Å². The van der Waals surface area contributed by atoms with Crippen LogP contribution in [0.2, 0.25) is 0 Å². The van der Waals surface area contributed by atoms with Gasteiger partial charge in [0.1, 0.15) is 7.05 Å². The predicted octanol–water partition coefficient (Wildman–Crippen LogP) is 5.17. The Morgan fingerprint density at radius 3 is 2.07 bits per heavy atom. The molecule has 0 radical (unpaired) electrons. The van der Waals surface area contributed by atoms with Gasteiger partial charge in [-0.1, -0.05) is 36.4 Å². The number of rotatable bonds is 4. The Morgan fingerprint density at radius 1 is 0.933 bits per heavy atom. The molecule has 4 fully saturated rings. The van der Waals surface area contributed by atoms with Gasteiger partial charge in [-0.3, -0.25) is 4.79 Å². The fraction of sp³-hybridized carbons (Fsp3) is 0.462. The van der Waals surface area contributed by atoms with Crippen LogP contribution in [0.4, 0.5) is 11.4 Å². The fourth-order valence-electron chi connectivity index (χ4n) is 7.03. The van der Waals surface area contributed by atoms with Crippen LogP contribution in [0.25, 0.3) is 0 Å². The number of benzene rings is 2. The largest absolute Gasteiger partial charge is 0.463 e. The maximum Gasteiger partial charge on any atom is 0.345 e. The Morgan fingerprint density at radius 2 is 1.47 bits per heavy atom. The minimum Gasteiger partial charge on any atom is -0.463 e. The summed E-state index contributed by atoms with van der Waals surface area (Å²) in [5.41, 5.74) is 1.29. The lowest BCUT2D eigenvalue weighted by molar-refractivity contribution is -0.423. The van der Waals surface area contributed by atoms with Gasteiger partial charge in [-0.25, -0.2) is 0 Å². The number of hydrogen-bond donors (Lipinski definition) is 1. The van der Waals surface area contributed by atoms with Crippen LogP contribution in [0.3, 0.4) is 0 Å². The van der Waals surface area contributed by atoms with Gasteiger partial charge in [0.15, 0.2) is 0 Å². The Kier molecular flexibility index (Phi) is 4.49. The maximum absolute atomic E-state index is 13.8. The standard InChI is InChI=1S/C26H30N2O2/c1-27(21-9-5-3-6-10-21)23(29)25-14-19-13-20(15-25)17-26(16-19,18-25)24(30)28(2)22-11-7-4-8-12-22/h3-12,19-20H,13-18H2,1-2H3/p+1. The third-order valence-corrected chi connectivity index (χ3v) is 7.90. The molecular weight excluding hydrogens is 372 g/mol. The van der Waals surface area contributed by atoms with Gasteiger partial charge in [-0.2, -0.15) is 4.58 Å². The molecule has 4 heteroatoms. The zero-order valence-electron chi connectivity index (χ0n) is 17.9. The van der Waals surface area contributed by atoms with Crippen LogP contribution in [-0.4, -0.2) is 35.6 Å². The number of carbonyl (C=O) groups is 1. The van der Waals surface area contributed by atoms with Crippen LogP contribution in [0, 0.1) is 22.7 Å². The van der Waals surface area contributed by atoms with E-state index in [2.05, 4.69) is 0 Å². The first-order valence-corrected chi connectivity index (χ1v) is 11.1. The predicted molar refractivity (Wildman–Crippen MR) is 119 cm³/mol. The molecule has 4 nitrogen and oxygen atoms in total. The van der Waals surface area contributed by atoms with Crippen LogP contribution < -0.4 is 4.90 Å². The molecule has 4 bridgehead atoms. The molecule has 2 unspecified atom stereocenters. The molecule has 4 saturated carbocycles. The Balaban J connectivity index is 1.52. The first-order valence-electron chi connectivity index (χ1n) is 11.1. The zero-order chi connectivity index (χ0) is 20.9. The molecule has 1 N–H and O–H groups in total. The van der Waals surface area contributed by atoms with Crippen molar-refractivity contribution >= 4 is 23.2 Å². The normalized spacial score (nSPS) is 32.6. The third-order valence-electron chi connectivity index (χ3n) is 7.90. The topological polar surface area (TPSA) is 43.6 Å². The summed E-state index contributed by atoms with van der Waals surface area (Å²) in [5.74, 6) is 1.71. The molecule has 2 aromatic rings. The number of carbonyl (C=O) groups excluding carboxylic acids is 1. The lowest BCUT2D eigenvalue weighted by Crippen LogP contribution is -2.60. The van der Waals surface area contributed by atoms with Crippen molar-refractivity contribution in [3.05, 3.63) is 60.7 Å². The summed E-state index contributed by atoms with van der Waals surface area (Å²) in [6.45, 7) is 0. The molecule has 1 amide bonds. The molecule has 0 spiro atoms. The first-order chi connectivity index (χ1) is 14.4. The highest BCUT2D eigenvalue weighted by molar-refractivity contribution is 5.98. The minimum absolute atomic E-state index is 0.224. The molecule has 156 valence electrons. The molecule has 0 saturated heterocycles. The van der Waals surface area contributed by atoms with E-state index in [-0.39, 0.29) is 16.7 Å². The second-order valence-corrected chi connectivity index (χ2v) is 9.94. The molecule has 0 aliphatic heterocycles. The van der Waals surface area contributed by atoms with E-state index >= 15 is 0 Å². The average Bonchev–Trinajstić information content (AvgIpc) is 2.77. The highest BCUT2D eigenvalue weighted by atomic mass is 16.3. The molecule has 0 heterocycles. The van der Waals surface area contributed by atoms with Crippen molar-refractivity contribution in [1.29, 1.82) is 0 Å². The van der Waals surface area contributed by atoms with Crippen molar-refractivity contribution in [2.24, 2.45) is 22.7 Å². The second-order valence-electron chi connectivity index (χ2n) is 9.94. The van der Waals surface area contributed by atoms with Gasteiger partial charge in [0.05, 0.1) is 10.8 Å². The molecule has 2 atom stereocenters. The Hall–Kier alpha value is -2.62. The monoisotopic (exact) mass is 403 g/mol. The smallest absolute Gasteiger partial charge is 0.345 e. The molecule has 4 aliphatic carbocycles. The van der Waals surface area contributed by atoms with Crippen molar-refractivity contribution < 1.29 is 14.5 Å². The van der Waals surface area contributed by atoms with Crippen LogP contribution >= 0.6 is 0 Å². The van der Waals surface area contributed by atoms with Gasteiger partial charge in [0, 0.05) is 24.9 Å². The molecule has 30 heavy (non-hydrogen) atoms. The summed E-state index contributed by atoms with van der Waals surface area (Å²) >= 11 is 0. The van der Waals surface area contributed by atoms with E-state index in [1.807, 2.05) is 84.2 Å². The minimum atomic E-state index is -0.361. The first kappa shape index (κ1) is 19.3. The fourth-order valence-corrected chi connectivity index (χ4v) is 7.03. The maximum atomic E-state index is 13.8. The Labute approximate surface area is 178 Å². The van der Waals surface area contributed by atoms with E-state index in [1.54, 1.807) is 0 Å². The number of anilines is 1. The quantitative estimate of drug-likeness (QED) is 0.435. The van der Waals surface area contributed by atoms with Crippen LogP contribution in [0.15, 0.2) is 60.7 Å². The SMILES string of the molecule is CN(C(=O)C12CC3CC(C1)CC(C(O)=[N+](C)c1ccccc1)(C3)C2)c1ccccc1. The summed E-state index contributed by atoms with van der Waals surface area (Å²) in [6, 6.07) is 20.0. The molecule has 0 aromatic heterocycles. The van der Waals surface area contributed by atoms with Gasteiger partial charge in [0.25, 0.3) is 0 Å². The van der Waals surface area contributed by atoms with Crippen molar-refractivity contribution in [3.63, 3.8) is 0 Å². The van der Waals surface area contributed by atoms with Crippen LogP contribution in [0.5, 0.6) is 0 Å². The van der Waals surface area contributed by atoms with E-state index < -0.39 is 0 Å². The van der Waals surface area contributed by atoms with Gasteiger partial charge in [-0.15, -0.1) is 0 Å². The number of nitrogens with zero attached hydrogens (tertiary/aromatic N) is 2. The lowest BCUT2D eigenvalue weighted by atomic mass is 9.43. The van der Waals surface area contributed by atoms with E-state index in [1.165, 1.54) is 6.42 Å². The third kappa shape index (κ3) is 2.96. The highest BCUT2D eigenvalue weighted by Crippen LogP contribution is 2.66. The molecular formula is C26H31N2O2+. The van der Waals surface area contributed by atoms with Gasteiger partial charge < -0.3 is 10.0 Å². The molecule has 4 aliphatic rings. The molecule has 2 aromatic carbocycles. The summed E-state index contributed by atoms with van der Waals surface area (Å²) < 4.78 is 1.94. The van der Waals surface area contributed by atoms with Crippen molar-refractivity contribution in [3.8, 4) is 0 Å². The van der Waals surface area contributed by atoms with Crippen LogP contribution in [0.1, 0.15) is 38.5 Å². The number of aliphatic hydroxyl groups is 1. The summed E-state index contributed by atoms with van der Waals surface area (Å²) in [6.07, 6.45) is 5.88. The van der Waals surface area contributed by atoms with Crippen molar-refractivity contribution in [1.82, 2.24) is 0 Å². The Bertz CT molecular complexity index is 969. The molecule has 6 rings (SSSR count). The van der Waals surface area contributed by atoms with Crippen LogP contribution in [-0.2, 0) is 4.79 Å².